The van der Waals surface area contributed by atoms with E-state index in [0.29, 0.717) is 23.0 Å². The highest BCUT2D eigenvalue weighted by Gasteiger charge is 2.33. The highest BCUT2D eigenvalue weighted by atomic mass is 35.5. The number of para-hydroxylation sites is 2. The van der Waals surface area contributed by atoms with Crippen molar-refractivity contribution in [3.05, 3.63) is 59.1 Å². The van der Waals surface area contributed by atoms with Crippen LogP contribution in [0.1, 0.15) is 12.5 Å². The topological polar surface area (TPSA) is 70.7 Å². The molecule has 0 aliphatic carbocycles. The van der Waals surface area contributed by atoms with Gasteiger partial charge in [-0.2, -0.15) is 0 Å². The van der Waals surface area contributed by atoms with Crippen molar-refractivity contribution in [2.24, 2.45) is 0 Å². The second kappa shape index (κ2) is 8.41. The molecule has 0 aromatic heterocycles. The lowest BCUT2D eigenvalue weighted by atomic mass is 10.1. The summed E-state index contributed by atoms with van der Waals surface area (Å²) < 4.78 is 5.81. The molecule has 2 N–H and O–H groups in total. The zero-order valence-corrected chi connectivity index (χ0v) is 16.0. The molecule has 7 heteroatoms. The van der Waals surface area contributed by atoms with Crippen LogP contribution in [0.4, 0.5) is 5.69 Å². The molecule has 2 atom stereocenters. The molecule has 3 rings (SSSR count). The molecular formula is C20H22ClN3O3. The van der Waals surface area contributed by atoms with Gasteiger partial charge in [-0.15, -0.1) is 0 Å². The molecule has 0 unspecified atom stereocenters. The average Bonchev–Trinajstić information content (AvgIpc) is 2.79. The molecule has 0 saturated heterocycles. The minimum Gasteiger partial charge on any atom is -0.489 e. The van der Waals surface area contributed by atoms with Gasteiger partial charge in [0, 0.05) is 5.02 Å². The van der Waals surface area contributed by atoms with Gasteiger partial charge in [0.1, 0.15) is 18.4 Å². The predicted octanol–water partition coefficient (Wildman–Crippen LogP) is 2.36. The van der Waals surface area contributed by atoms with Gasteiger partial charge in [0.25, 0.3) is 5.91 Å². The van der Waals surface area contributed by atoms with Crippen molar-refractivity contribution in [1.29, 1.82) is 0 Å². The van der Waals surface area contributed by atoms with Crippen LogP contribution < -0.4 is 20.3 Å². The van der Waals surface area contributed by atoms with Crippen LogP contribution in [0.3, 0.4) is 0 Å². The van der Waals surface area contributed by atoms with Gasteiger partial charge in [-0.25, -0.2) is 0 Å². The van der Waals surface area contributed by atoms with Gasteiger partial charge in [-0.3, -0.25) is 9.59 Å². The quantitative estimate of drug-likeness (QED) is 0.826. The Morgan fingerprint density at radius 2 is 2.07 bits per heavy atom. The van der Waals surface area contributed by atoms with Crippen LogP contribution in [0.2, 0.25) is 5.02 Å². The molecule has 0 radical (unpaired) electrons. The maximum absolute atomic E-state index is 13.2. The molecule has 0 fully saturated rings. The van der Waals surface area contributed by atoms with E-state index in [1.54, 1.807) is 24.9 Å². The first kappa shape index (κ1) is 19.2. The Morgan fingerprint density at radius 1 is 1.30 bits per heavy atom. The second-order valence-corrected chi connectivity index (χ2v) is 6.84. The number of likely N-dealkylation sites (N-methyl/N-ethyl adjacent to an activating group) is 1. The lowest BCUT2D eigenvalue weighted by Crippen LogP contribution is -2.53. The van der Waals surface area contributed by atoms with Gasteiger partial charge in [0.05, 0.1) is 18.3 Å². The molecule has 27 heavy (non-hydrogen) atoms. The first-order valence-corrected chi connectivity index (χ1v) is 9.12. The number of nitrogens with one attached hydrogen (secondary N) is 2. The maximum atomic E-state index is 13.2. The molecule has 1 aliphatic rings. The largest absolute Gasteiger partial charge is 0.489 e. The van der Waals surface area contributed by atoms with Gasteiger partial charge in [0.2, 0.25) is 5.91 Å². The van der Waals surface area contributed by atoms with Gasteiger partial charge in [-0.05, 0) is 43.8 Å². The normalized spacial score (nSPS) is 17.5. The number of carbonyl (C=O) groups excluding carboxylic acids is 2. The Bertz CT molecular complexity index is 843. The number of nitrogens with zero attached hydrogens (tertiary/aromatic N) is 1. The number of anilines is 1. The molecule has 142 valence electrons. The number of amides is 2. The van der Waals surface area contributed by atoms with Crippen LogP contribution in [0.15, 0.2) is 48.5 Å². The Labute approximate surface area is 163 Å². The Balaban J connectivity index is 1.91. The number of halogens is 1. The summed E-state index contributed by atoms with van der Waals surface area (Å²) >= 11 is 6.09. The van der Waals surface area contributed by atoms with E-state index in [1.165, 1.54) is 0 Å². The monoisotopic (exact) mass is 387 g/mol. The van der Waals surface area contributed by atoms with Crippen molar-refractivity contribution in [2.45, 2.75) is 25.6 Å². The molecule has 6 nitrogen and oxygen atoms in total. The van der Waals surface area contributed by atoms with Crippen molar-refractivity contribution in [3.63, 3.8) is 0 Å². The third-order valence-corrected chi connectivity index (χ3v) is 4.73. The van der Waals surface area contributed by atoms with E-state index < -0.39 is 12.1 Å². The SMILES string of the molecule is CN[C@@H](C)C(=O)N[C@H]1COc2ccccc2N(Cc2cccc(Cl)c2)C1=O. The first-order valence-electron chi connectivity index (χ1n) is 8.75. The fourth-order valence-electron chi connectivity index (χ4n) is 2.87. The highest BCUT2D eigenvalue weighted by Crippen LogP contribution is 2.32. The van der Waals surface area contributed by atoms with Crippen molar-refractivity contribution >= 4 is 29.1 Å². The van der Waals surface area contributed by atoms with E-state index in [9.17, 15) is 9.59 Å². The molecular weight excluding hydrogens is 366 g/mol. The Morgan fingerprint density at radius 3 is 2.81 bits per heavy atom. The van der Waals surface area contributed by atoms with Crippen LogP contribution >= 0.6 is 11.6 Å². The Hall–Kier alpha value is -2.57. The number of hydrogen-bond acceptors (Lipinski definition) is 4. The van der Waals surface area contributed by atoms with Crippen LogP contribution in [0.25, 0.3) is 0 Å². The summed E-state index contributed by atoms with van der Waals surface area (Å²) in [6.07, 6.45) is 0. The maximum Gasteiger partial charge on any atom is 0.253 e. The second-order valence-electron chi connectivity index (χ2n) is 6.40. The van der Waals surface area contributed by atoms with Gasteiger partial charge in [0.15, 0.2) is 0 Å². The molecule has 1 heterocycles. The first-order chi connectivity index (χ1) is 13.0. The zero-order valence-electron chi connectivity index (χ0n) is 15.2. The fraction of sp³-hybridized carbons (Fsp3) is 0.300. The standard InChI is InChI=1S/C20H22ClN3O3/c1-13(22-2)19(25)23-16-12-27-18-9-4-3-8-17(18)24(20(16)26)11-14-6-5-7-15(21)10-14/h3-10,13,16,22H,11-12H2,1-2H3,(H,23,25)/t13-,16-/m0/s1. The zero-order chi connectivity index (χ0) is 19.4. The third kappa shape index (κ3) is 4.40. The average molecular weight is 388 g/mol. The van der Waals surface area contributed by atoms with Crippen molar-refractivity contribution in [2.75, 3.05) is 18.6 Å². The molecule has 0 bridgehead atoms. The summed E-state index contributed by atoms with van der Waals surface area (Å²) in [5.41, 5.74) is 1.56. The number of fused-ring (bicyclic) bond motifs is 1. The summed E-state index contributed by atoms with van der Waals surface area (Å²) in [5.74, 6) is 0.121. The van der Waals surface area contributed by atoms with Crippen LogP contribution in [-0.2, 0) is 16.1 Å². The summed E-state index contributed by atoms with van der Waals surface area (Å²) in [4.78, 5) is 27.1. The summed E-state index contributed by atoms with van der Waals surface area (Å²) in [6.45, 7) is 2.13. The van der Waals surface area contributed by atoms with E-state index in [1.807, 2.05) is 42.5 Å². The minimum atomic E-state index is -0.778. The molecule has 2 aromatic carbocycles. The smallest absolute Gasteiger partial charge is 0.253 e. The molecule has 2 aromatic rings. The number of rotatable bonds is 5. The van der Waals surface area contributed by atoms with E-state index in [-0.39, 0.29) is 18.4 Å². The summed E-state index contributed by atoms with van der Waals surface area (Å²) in [6, 6.07) is 13.5. The molecule has 0 spiro atoms. The van der Waals surface area contributed by atoms with Crippen LogP contribution in [0, 0.1) is 0 Å². The van der Waals surface area contributed by atoms with E-state index >= 15 is 0 Å². The van der Waals surface area contributed by atoms with Gasteiger partial charge >= 0.3 is 0 Å². The van der Waals surface area contributed by atoms with Crippen molar-refractivity contribution in [1.82, 2.24) is 10.6 Å². The lowest BCUT2D eigenvalue weighted by Gasteiger charge is -2.25. The third-order valence-electron chi connectivity index (χ3n) is 4.50. The Kier molecular flexibility index (Phi) is 5.98. The van der Waals surface area contributed by atoms with Crippen molar-refractivity contribution in [3.8, 4) is 5.75 Å². The molecule has 1 aliphatic heterocycles. The molecule has 0 saturated carbocycles. The lowest BCUT2D eigenvalue weighted by molar-refractivity contribution is -0.129. The number of benzene rings is 2. The van der Waals surface area contributed by atoms with E-state index in [0.717, 1.165) is 5.56 Å². The van der Waals surface area contributed by atoms with Gasteiger partial charge < -0.3 is 20.3 Å². The van der Waals surface area contributed by atoms with E-state index in [4.69, 9.17) is 16.3 Å². The fourth-order valence-corrected chi connectivity index (χ4v) is 3.08. The summed E-state index contributed by atoms with van der Waals surface area (Å²) in [7, 11) is 1.69. The number of hydrogen-bond donors (Lipinski definition) is 2. The van der Waals surface area contributed by atoms with Crippen LogP contribution in [-0.4, -0.2) is 37.6 Å². The van der Waals surface area contributed by atoms with Crippen molar-refractivity contribution < 1.29 is 14.3 Å². The van der Waals surface area contributed by atoms with Crippen LogP contribution in [0.5, 0.6) is 5.75 Å². The number of ether oxygens (including phenoxy) is 1. The van der Waals surface area contributed by atoms with Gasteiger partial charge in [-0.1, -0.05) is 35.9 Å². The molecule has 2 amide bonds. The highest BCUT2D eigenvalue weighted by molar-refractivity contribution is 6.30. The summed E-state index contributed by atoms with van der Waals surface area (Å²) in [5, 5.41) is 6.25. The minimum absolute atomic E-state index is 0.0735. The van der Waals surface area contributed by atoms with E-state index in [2.05, 4.69) is 10.6 Å². The predicted molar refractivity (Wildman–Crippen MR) is 105 cm³/mol. The number of carbonyl (C=O) groups is 2.